The number of rotatable bonds is 2. The van der Waals surface area contributed by atoms with Gasteiger partial charge in [-0.2, -0.15) is 0 Å². The van der Waals surface area contributed by atoms with Crippen LogP contribution in [-0.2, 0) is 13.0 Å². The lowest BCUT2D eigenvalue weighted by Gasteiger charge is -2.19. The average molecular weight is 242 g/mol. The summed E-state index contributed by atoms with van der Waals surface area (Å²) in [4.78, 5) is 0. The van der Waals surface area contributed by atoms with E-state index >= 15 is 0 Å². The van der Waals surface area contributed by atoms with E-state index in [0.717, 1.165) is 6.54 Å². The maximum absolute atomic E-state index is 5.82. The molecule has 2 nitrogen and oxygen atoms in total. The molecule has 2 heterocycles. The van der Waals surface area contributed by atoms with Crippen molar-refractivity contribution in [2.75, 3.05) is 6.54 Å². The summed E-state index contributed by atoms with van der Waals surface area (Å²) < 4.78 is 2.50. The Morgan fingerprint density at radius 2 is 2.11 bits per heavy atom. The third-order valence-electron chi connectivity index (χ3n) is 4.58. The zero-order valence-electron chi connectivity index (χ0n) is 11.6. The number of nitrogens with zero attached hydrogens (tertiary/aromatic N) is 1. The Labute approximate surface area is 109 Å². The highest BCUT2D eigenvalue weighted by Crippen LogP contribution is 2.34. The molecule has 2 heteroatoms. The van der Waals surface area contributed by atoms with E-state index in [2.05, 4.69) is 37.5 Å². The van der Waals surface area contributed by atoms with Crippen LogP contribution in [0.15, 0.2) is 12.1 Å². The molecule has 1 atom stereocenters. The molecule has 1 aliphatic heterocycles. The van der Waals surface area contributed by atoms with E-state index in [9.17, 15) is 0 Å². The monoisotopic (exact) mass is 242 g/mol. The Hall–Kier alpha value is -1.28. The van der Waals surface area contributed by atoms with Crippen LogP contribution in [0.3, 0.4) is 0 Å². The first kappa shape index (κ1) is 11.8. The molecule has 0 saturated carbocycles. The van der Waals surface area contributed by atoms with Crippen LogP contribution in [0.1, 0.15) is 41.6 Å². The molecular weight excluding hydrogens is 220 g/mol. The lowest BCUT2D eigenvalue weighted by Crippen LogP contribution is -2.12. The van der Waals surface area contributed by atoms with Crippen LogP contribution >= 0.6 is 0 Å². The Morgan fingerprint density at radius 3 is 2.83 bits per heavy atom. The third-order valence-corrected chi connectivity index (χ3v) is 4.58. The molecule has 0 radical (unpaired) electrons. The van der Waals surface area contributed by atoms with Crippen LogP contribution < -0.4 is 5.73 Å². The standard InChI is InChI=1S/C16H22N2/c1-10(9-17)14-7-13-5-4-6-18-12(3)11(2)15(8-14)16(13)18/h7-8,10H,4-6,9,17H2,1-3H3. The fraction of sp³-hybridized carbons (Fsp3) is 0.500. The molecule has 0 bridgehead atoms. The zero-order valence-corrected chi connectivity index (χ0v) is 11.6. The second-order valence-corrected chi connectivity index (χ2v) is 5.68. The van der Waals surface area contributed by atoms with Crippen LogP contribution in [0.25, 0.3) is 10.9 Å². The first-order chi connectivity index (χ1) is 8.63. The quantitative estimate of drug-likeness (QED) is 0.861. The predicted octanol–water partition coefficient (Wildman–Crippen LogP) is 3.27. The minimum Gasteiger partial charge on any atom is -0.344 e. The summed E-state index contributed by atoms with van der Waals surface area (Å²) in [5, 5.41) is 1.44. The molecule has 3 rings (SSSR count). The topological polar surface area (TPSA) is 30.9 Å². The number of nitrogens with two attached hydrogens (primary N) is 1. The van der Waals surface area contributed by atoms with Crippen molar-refractivity contribution in [3.05, 3.63) is 34.5 Å². The molecule has 96 valence electrons. The van der Waals surface area contributed by atoms with E-state index in [1.54, 1.807) is 0 Å². The molecule has 18 heavy (non-hydrogen) atoms. The van der Waals surface area contributed by atoms with Gasteiger partial charge in [-0.05, 0) is 61.9 Å². The summed E-state index contributed by atoms with van der Waals surface area (Å²) in [6.45, 7) is 8.62. The normalized spacial score (nSPS) is 16.2. The maximum Gasteiger partial charge on any atom is 0.0517 e. The van der Waals surface area contributed by atoms with E-state index in [-0.39, 0.29) is 0 Å². The van der Waals surface area contributed by atoms with Gasteiger partial charge in [0.1, 0.15) is 0 Å². The van der Waals surface area contributed by atoms with Gasteiger partial charge < -0.3 is 10.3 Å². The van der Waals surface area contributed by atoms with Crippen molar-refractivity contribution in [1.82, 2.24) is 4.57 Å². The predicted molar refractivity (Wildman–Crippen MR) is 77.2 cm³/mol. The highest BCUT2D eigenvalue weighted by Gasteiger charge is 2.19. The van der Waals surface area contributed by atoms with Gasteiger partial charge in [0, 0.05) is 17.6 Å². The van der Waals surface area contributed by atoms with Crippen molar-refractivity contribution in [2.24, 2.45) is 5.73 Å². The molecule has 0 aliphatic carbocycles. The summed E-state index contributed by atoms with van der Waals surface area (Å²) in [7, 11) is 0. The molecule has 2 N–H and O–H groups in total. The number of benzene rings is 1. The molecule has 1 aromatic heterocycles. The Bertz CT molecular complexity index is 607. The SMILES string of the molecule is Cc1c(C)n2c3c(cc(C(C)CN)cc13)CCC2. The van der Waals surface area contributed by atoms with Crippen molar-refractivity contribution >= 4 is 10.9 Å². The summed E-state index contributed by atoms with van der Waals surface area (Å²) in [5.41, 5.74) is 13.1. The molecule has 1 unspecified atom stereocenters. The smallest absolute Gasteiger partial charge is 0.0517 e. The van der Waals surface area contributed by atoms with Gasteiger partial charge in [-0.15, -0.1) is 0 Å². The molecule has 0 saturated heterocycles. The lowest BCUT2D eigenvalue weighted by molar-refractivity contribution is 0.621. The highest BCUT2D eigenvalue weighted by atomic mass is 15.0. The van der Waals surface area contributed by atoms with Crippen LogP contribution in [0.5, 0.6) is 0 Å². The highest BCUT2D eigenvalue weighted by molar-refractivity contribution is 5.89. The van der Waals surface area contributed by atoms with Gasteiger partial charge in [-0.25, -0.2) is 0 Å². The molecule has 0 amide bonds. The summed E-state index contributed by atoms with van der Waals surface area (Å²) in [5.74, 6) is 0.454. The Balaban J connectivity index is 2.33. The van der Waals surface area contributed by atoms with Crippen molar-refractivity contribution in [3.8, 4) is 0 Å². The number of aryl methyl sites for hydroxylation is 3. The van der Waals surface area contributed by atoms with Gasteiger partial charge in [-0.1, -0.05) is 13.0 Å². The fourth-order valence-corrected chi connectivity index (χ4v) is 3.21. The number of hydrogen-bond acceptors (Lipinski definition) is 1. The molecule has 1 aromatic carbocycles. The van der Waals surface area contributed by atoms with E-state index in [4.69, 9.17) is 5.73 Å². The minimum absolute atomic E-state index is 0.454. The van der Waals surface area contributed by atoms with Crippen molar-refractivity contribution < 1.29 is 0 Å². The Kier molecular flexibility index (Phi) is 2.70. The van der Waals surface area contributed by atoms with Gasteiger partial charge >= 0.3 is 0 Å². The largest absolute Gasteiger partial charge is 0.344 e. The fourth-order valence-electron chi connectivity index (χ4n) is 3.21. The van der Waals surface area contributed by atoms with Gasteiger partial charge in [-0.3, -0.25) is 0 Å². The van der Waals surface area contributed by atoms with Crippen molar-refractivity contribution in [3.63, 3.8) is 0 Å². The van der Waals surface area contributed by atoms with Gasteiger partial charge in [0.05, 0.1) is 5.52 Å². The molecular formula is C16H22N2. The second kappa shape index (κ2) is 4.13. The van der Waals surface area contributed by atoms with Gasteiger partial charge in [0.2, 0.25) is 0 Å². The summed E-state index contributed by atoms with van der Waals surface area (Å²) in [6.07, 6.45) is 2.47. The minimum atomic E-state index is 0.454. The van der Waals surface area contributed by atoms with Crippen LogP contribution in [0.2, 0.25) is 0 Å². The van der Waals surface area contributed by atoms with Crippen LogP contribution in [0, 0.1) is 13.8 Å². The first-order valence-electron chi connectivity index (χ1n) is 6.95. The van der Waals surface area contributed by atoms with Crippen molar-refractivity contribution in [1.29, 1.82) is 0 Å². The zero-order chi connectivity index (χ0) is 12.9. The molecule has 1 aliphatic rings. The average Bonchev–Trinajstić information content (AvgIpc) is 2.65. The number of aromatic nitrogens is 1. The van der Waals surface area contributed by atoms with Crippen LogP contribution in [-0.4, -0.2) is 11.1 Å². The van der Waals surface area contributed by atoms with E-state index in [1.807, 2.05) is 0 Å². The van der Waals surface area contributed by atoms with Crippen molar-refractivity contribution in [2.45, 2.75) is 46.1 Å². The maximum atomic E-state index is 5.82. The summed E-state index contributed by atoms with van der Waals surface area (Å²) in [6, 6.07) is 4.74. The second-order valence-electron chi connectivity index (χ2n) is 5.68. The van der Waals surface area contributed by atoms with E-state index < -0.39 is 0 Å². The number of hydrogen-bond donors (Lipinski definition) is 1. The molecule has 2 aromatic rings. The van der Waals surface area contributed by atoms with Crippen LogP contribution in [0.4, 0.5) is 0 Å². The third kappa shape index (κ3) is 1.52. The Morgan fingerprint density at radius 1 is 1.33 bits per heavy atom. The first-order valence-corrected chi connectivity index (χ1v) is 6.95. The molecule has 0 fully saturated rings. The van der Waals surface area contributed by atoms with Gasteiger partial charge in [0.25, 0.3) is 0 Å². The summed E-state index contributed by atoms with van der Waals surface area (Å²) >= 11 is 0. The molecule has 0 spiro atoms. The van der Waals surface area contributed by atoms with E-state index in [0.29, 0.717) is 5.92 Å². The van der Waals surface area contributed by atoms with Gasteiger partial charge in [0.15, 0.2) is 0 Å². The lowest BCUT2D eigenvalue weighted by atomic mass is 9.93. The van der Waals surface area contributed by atoms with E-state index in [1.165, 1.54) is 52.7 Å².